The summed E-state index contributed by atoms with van der Waals surface area (Å²) in [5.41, 5.74) is 0.769. The topological polar surface area (TPSA) is 62.4 Å². The summed E-state index contributed by atoms with van der Waals surface area (Å²) in [6.07, 6.45) is 11.7. The molecular formula is C29H37ClFN3O2. The van der Waals surface area contributed by atoms with Gasteiger partial charge in [-0.25, -0.2) is 4.39 Å². The van der Waals surface area contributed by atoms with E-state index in [4.69, 9.17) is 16.3 Å². The zero-order valence-corrected chi connectivity index (χ0v) is 21.6. The van der Waals surface area contributed by atoms with Gasteiger partial charge in [-0.15, -0.1) is 0 Å². The second kappa shape index (κ2) is 11.3. The lowest BCUT2D eigenvalue weighted by atomic mass is 9.72. The SMILES string of the molecule is O=C(NC1CCCCC1)C(C1CCCCC1)C1(CCOc2ccc(Cl)cc2)Nc2ccc(F)cc2N1. The molecule has 1 amide bonds. The van der Waals surface area contributed by atoms with Crippen molar-refractivity contribution in [2.75, 3.05) is 17.2 Å². The number of benzene rings is 2. The summed E-state index contributed by atoms with van der Waals surface area (Å²) in [5, 5.41) is 11.3. The smallest absolute Gasteiger partial charge is 0.227 e. The van der Waals surface area contributed by atoms with Crippen LogP contribution in [0, 0.1) is 17.7 Å². The van der Waals surface area contributed by atoms with Crippen LogP contribution in [0.15, 0.2) is 42.5 Å². The number of carbonyl (C=O) groups is 1. The molecule has 0 spiro atoms. The molecule has 3 N–H and O–H groups in total. The van der Waals surface area contributed by atoms with Crippen LogP contribution in [0.5, 0.6) is 5.75 Å². The maximum absolute atomic E-state index is 14.2. The predicted octanol–water partition coefficient (Wildman–Crippen LogP) is 7.13. The van der Waals surface area contributed by atoms with E-state index >= 15 is 0 Å². The third kappa shape index (κ3) is 5.74. The fraction of sp³-hybridized carbons (Fsp3) is 0.552. The molecule has 0 saturated heterocycles. The number of halogens is 2. The van der Waals surface area contributed by atoms with E-state index in [-0.39, 0.29) is 29.6 Å². The zero-order chi connectivity index (χ0) is 25.0. The molecule has 1 heterocycles. The number of carbonyl (C=O) groups excluding carboxylic acids is 1. The van der Waals surface area contributed by atoms with E-state index in [0.717, 1.165) is 50.0 Å². The van der Waals surface area contributed by atoms with Gasteiger partial charge in [0.2, 0.25) is 5.91 Å². The minimum Gasteiger partial charge on any atom is -0.493 e. The number of ether oxygens (including phenoxy) is 1. The summed E-state index contributed by atoms with van der Waals surface area (Å²) in [6.45, 7) is 0.401. The zero-order valence-electron chi connectivity index (χ0n) is 20.8. The van der Waals surface area contributed by atoms with Crippen LogP contribution in [-0.4, -0.2) is 24.2 Å². The minimum absolute atomic E-state index is 0.105. The van der Waals surface area contributed by atoms with Crippen molar-refractivity contribution in [3.63, 3.8) is 0 Å². The van der Waals surface area contributed by atoms with Crippen molar-refractivity contribution < 1.29 is 13.9 Å². The van der Waals surface area contributed by atoms with Crippen molar-refractivity contribution in [3.05, 3.63) is 53.3 Å². The van der Waals surface area contributed by atoms with Crippen LogP contribution in [0.4, 0.5) is 15.8 Å². The van der Waals surface area contributed by atoms with Gasteiger partial charge in [-0.2, -0.15) is 0 Å². The lowest BCUT2D eigenvalue weighted by molar-refractivity contribution is -0.130. The monoisotopic (exact) mass is 513 g/mol. The normalized spacial score (nSPS) is 23.3. The van der Waals surface area contributed by atoms with Crippen molar-refractivity contribution in [2.24, 2.45) is 11.8 Å². The van der Waals surface area contributed by atoms with Crippen molar-refractivity contribution in [1.29, 1.82) is 0 Å². The molecule has 2 atom stereocenters. The molecule has 36 heavy (non-hydrogen) atoms. The van der Waals surface area contributed by atoms with E-state index < -0.39 is 5.66 Å². The number of anilines is 2. The molecule has 5 nitrogen and oxygen atoms in total. The van der Waals surface area contributed by atoms with E-state index in [9.17, 15) is 9.18 Å². The molecule has 2 aromatic rings. The lowest BCUT2D eigenvalue weighted by Crippen LogP contribution is -2.59. The Labute approximate surface area is 218 Å². The van der Waals surface area contributed by atoms with E-state index in [1.54, 1.807) is 18.2 Å². The quantitative estimate of drug-likeness (QED) is 0.351. The molecule has 2 unspecified atom stereocenters. The van der Waals surface area contributed by atoms with Gasteiger partial charge in [-0.05, 0) is 74.1 Å². The van der Waals surface area contributed by atoms with E-state index in [2.05, 4.69) is 16.0 Å². The maximum atomic E-state index is 14.2. The maximum Gasteiger partial charge on any atom is 0.227 e. The highest BCUT2D eigenvalue weighted by molar-refractivity contribution is 6.30. The third-order valence-corrected chi connectivity index (χ3v) is 8.41. The van der Waals surface area contributed by atoms with Crippen LogP contribution < -0.4 is 20.7 Å². The summed E-state index contributed by atoms with van der Waals surface area (Å²) in [7, 11) is 0. The Hall–Kier alpha value is -2.47. The van der Waals surface area contributed by atoms with Crippen LogP contribution in [0.2, 0.25) is 5.02 Å². The van der Waals surface area contributed by atoms with Gasteiger partial charge in [0.1, 0.15) is 17.2 Å². The van der Waals surface area contributed by atoms with Gasteiger partial charge in [0.05, 0.1) is 23.9 Å². The molecule has 7 heteroatoms. The molecule has 194 valence electrons. The van der Waals surface area contributed by atoms with Crippen LogP contribution in [0.25, 0.3) is 0 Å². The summed E-state index contributed by atoms with van der Waals surface area (Å²) in [6, 6.07) is 12.3. The van der Waals surface area contributed by atoms with Crippen molar-refractivity contribution in [3.8, 4) is 5.75 Å². The average Bonchev–Trinajstić information content (AvgIpc) is 3.24. The molecule has 1 aliphatic heterocycles. The fourth-order valence-electron chi connectivity index (χ4n) is 6.38. The predicted molar refractivity (Wildman–Crippen MR) is 143 cm³/mol. The van der Waals surface area contributed by atoms with E-state index in [1.807, 2.05) is 12.1 Å². The Morgan fingerprint density at radius 2 is 1.64 bits per heavy atom. The van der Waals surface area contributed by atoms with Crippen LogP contribution in [-0.2, 0) is 4.79 Å². The molecule has 2 fully saturated rings. The Morgan fingerprint density at radius 1 is 0.972 bits per heavy atom. The fourth-order valence-corrected chi connectivity index (χ4v) is 6.51. The Morgan fingerprint density at radius 3 is 2.36 bits per heavy atom. The first-order valence-corrected chi connectivity index (χ1v) is 13.9. The Balaban J connectivity index is 1.42. The molecule has 2 aliphatic carbocycles. The van der Waals surface area contributed by atoms with Crippen LogP contribution in [0.3, 0.4) is 0 Å². The summed E-state index contributed by atoms with van der Waals surface area (Å²) in [5.74, 6) is 0.490. The number of hydrogen-bond acceptors (Lipinski definition) is 4. The second-order valence-electron chi connectivity index (χ2n) is 10.7. The first kappa shape index (κ1) is 25.2. The third-order valence-electron chi connectivity index (χ3n) is 8.16. The summed E-state index contributed by atoms with van der Waals surface area (Å²) >= 11 is 6.03. The van der Waals surface area contributed by atoms with Crippen LogP contribution >= 0.6 is 11.6 Å². The molecular weight excluding hydrogens is 477 g/mol. The van der Waals surface area contributed by atoms with E-state index in [1.165, 1.54) is 37.8 Å². The molecule has 0 radical (unpaired) electrons. The highest BCUT2D eigenvalue weighted by Gasteiger charge is 2.50. The second-order valence-corrected chi connectivity index (χ2v) is 11.1. The highest BCUT2D eigenvalue weighted by atomic mass is 35.5. The highest BCUT2D eigenvalue weighted by Crippen LogP contribution is 2.45. The van der Waals surface area contributed by atoms with Gasteiger partial charge in [0, 0.05) is 17.5 Å². The van der Waals surface area contributed by atoms with Gasteiger partial charge in [0.25, 0.3) is 0 Å². The number of nitrogens with one attached hydrogen (secondary N) is 3. The number of hydrogen-bond donors (Lipinski definition) is 3. The van der Waals surface area contributed by atoms with Gasteiger partial charge in [0.15, 0.2) is 0 Å². The molecule has 2 aromatic carbocycles. The number of amides is 1. The largest absolute Gasteiger partial charge is 0.493 e. The number of rotatable bonds is 8. The van der Waals surface area contributed by atoms with Crippen molar-refractivity contribution >= 4 is 28.9 Å². The lowest BCUT2D eigenvalue weighted by Gasteiger charge is -2.43. The summed E-state index contributed by atoms with van der Waals surface area (Å²) < 4.78 is 20.3. The minimum atomic E-state index is -0.761. The first-order chi connectivity index (χ1) is 17.5. The molecule has 5 rings (SSSR count). The van der Waals surface area contributed by atoms with Gasteiger partial charge in [-0.3, -0.25) is 4.79 Å². The van der Waals surface area contributed by atoms with Crippen LogP contribution in [0.1, 0.15) is 70.6 Å². The molecule has 3 aliphatic rings. The van der Waals surface area contributed by atoms with E-state index in [0.29, 0.717) is 23.7 Å². The van der Waals surface area contributed by atoms with Crippen molar-refractivity contribution in [1.82, 2.24) is 5.32 Å². The molecule has 0 bridgehead atoms. The Bertz CT molecular complexity index is 1040. The molecule has 0 aromatic heterocycles. The standard InChI is InChI=1S/C29H37ClFN3O2/c30-21-11-14-24(15-12-21)36-18-17-29(33-25-16-13-22(31)19-26(25)34-29)27(20-7-3-1-4-8-20)28(35)32-23-9-5-2-6-10-23/h11-16,19-20,23,27,33-34H,1-10,17-18H2,(H,32,35). The number of fused-ring (bicyclic) bond motifs is 1. The Kier molecular flexibility index (Phi) is 7.90. The van der Waals surface area contributed by atoms with Gasteiger partial charge < -0.3 is 20.7 Å². The van der Waals surface area contributed by atoms with Crippen molar-refractivity contribution in [2.45, 2.75) is 82.3 Å². The molecule has 2 saturated carbocycles. The summed E-state index contributed by atoms with van der Waals surface area (Å²) in [4.78, 5) is 14.1. The van der Waals surface area contributed by atoms with Gasteiger partial charge in [-0.1, -0.05) is 50.1 Å². The first-order valence-electron chi connectivity index (χ1n) is 13.6. The van der Waals surface area contributed by atoms with Gasteiger partial charge >= 0.3 is 0 Å². The average molecular weight is 514 g/mol.